The predicted molar refractivity (Wildman–Crippen MR) is 39.2 cm³/mol. The summed E-state index contributed by atoms with van der Waals surface area (Å²) in [5.74, 6) is 1.96. The highest BCUT2D eigenvalue weighted by molar-refractivity contribution is 5.93. The largest absolute Gasteiger partial charge is 0.329 e. The molecule has 54 valence electrons. The second-order valence-electron chi connectivity index (χ2n) is 2.49. The summed E-state index contributed by atoms with van der Waals surface area (Å²) in [6.45, 7) is 2.92. The van der Waals surface area contributed by atoms with E-state index < -0.39 is 0 Å². The highest BCUT2D eigenvalue weighted by atomic mass is 16.2. The Morgan fingerprint density at radius 1 is 1.90 bits per heavy atom. The smallest absolute Gasteiger partial charge is 0.298 e. The van der Waals surface area contributed by atoms with Gasteiger partial charge in [-0.25, -0.2) is 0 Å². The number of nitrogens with zero attached hydrogens (tertiary/aromatic N) is 1. The lowest BCUT2D eigenvalue weighted by Gasteiger charge is -2.39. The first-order valence-electron chi connectivity index (χ1n) is 3.56. The molecule has 0 aliphatic carbocycles. The van der Waals surface area contributed by atoms with E-state index >= 15 is 0 Å². The average Bonchev–Trinajstić information content (AvgIpc) is 1.86. The molecule has 0 aromatic rings. The molecule has 1 atom stereocenters. The molecule has 1 aliphatic heterocycles. The third-order valence-corrected chi connectivity index (χ3v) is 2.00. The number of likely N-dealkylation sites (tertiary alicyclic amines) is 1. The van der Waals surface area contributed by atoms with Gasteiger partial charge in [-0.2, -0.15) is 0 Å². The lowest BCUT2D eigenvalue weighted by Crippen LogP contribution is -2.50. The van der Waals surface area contributed by atoms with Gasteiger partial charge in [0.1, 0.15) is 0 Å². The van der Waals surface area contributed by atoms with Crippen LogP contribution in [0.25, 0.3) is 0 Å². The fraction of sp³-hybridized carbons (Fsp3) is 0.625. The van der Waals surface area contributed by atoms with Gasteiger partial charge in [-0.1, -0.05) is 6.92 Å². The molecule has 0 N–H and O–H groups in total. The van der Waals surface area contributed by atoms with E-state index in [2.05, 4.69) is 12.8 Å². The van der Waals surface area contributed by atoms with E-state index in [0.717, 1.165) is 19.4 Å². The van der Waals surface area contributed by atoms with Crippen LogP contribution in [0.4, 0.5) is 0 Å². The van der Waals surface area contributed by atoms with Crippen LogP contribution in [0.5, 0.6) is 0 Å². The van der Waals surface area contributed by atoms with Crippen molar-refractivity contribution in [1.29, 1.82) is 0 Å². The Morgan fingerprint density at radius 3 is 2.90 bits per heavy atom. The van der Waals surface area contributed by atoms with Crippen molar-refractivity contribution in [3.63, 3.8) is 0 Å². The summed E-state index contributed by atoms with van der Waals surface area (Å²) < 4.78 is 0. The molecule has 1 heterocycles. The quantitative estimate of drug-likeness (QED) is 0.485. The Morgan fingerprint density at radius 2 is 2.60 bits per heavy atom. The second-order valence-corrected chi connectivity index (χ2v) is 2.49. The minimum absolute atomic E-state index is 0.155. The number of amides is 1. The molecule has 0 saturated carbocycles. The van der Waals surface area contributed by atoms with Gasteiger partial charge >= 0.3 is 0 Å². The van der Waals surface area contributed by atoms with E-state index in [9.17, 15) is 4.79 Å². The van der Waals surface area contributed by atoms with Crippen molar-refractivity contribution in [3.8, 4) is 12.3 Å². The van der Waals surface area contributed by atoms with Crippen molar-refractivity contribution in [2.45, 2.75) is 25.8 Å². The van der Waals surface area contributed by atoms with E-state index in [4.69, 9.17) is 6.42 Å². The number of carbonyl (C=O) groups is 1. The van der Waals surface area contributed by atoms with Gasteiger partial charge in [0.15, 0.2) is 0 Å². The molecule has 0 spiro atoms. The first-order chi connectivity index (χ1) is 4.79. The van der Waals surface area contributed by atoms with E-state index in [1.54, 1.807) is 4.90 Å². The summed E-state index contributed by atoms with van der Waals surface area (Å²) in [5.41, 5.74) is 0. The second kappa shape index (κ2) is 2.74. The fourth-order valence-corrected chi connectivity index (χ4v) is 1.22. The Balaban J connectivity index is 2.44. The number of rotatable bonds is 1. The minimum Gasteiger partial charge on any atom is -0.329 e. The molecule has 1 amide bonds. The van der Waals surface area contributed by atoms with Gasteiger partial charge in [-0.05, 0) is 18.8 Å². The number of hydrogen-bond donors (Lipinski definition) is 0. The van der Waals surface area contributed by atoms with Crippen LogP contribution in [0.1, 0.15) is 19.8 Å². The standard InChI is InChI=1S/C8H11NO/c1-3-7-5-6-9(7)8(10)4-2/h2,7H,3,5-6H2,1H3. The van der Waals surface area contributed by atoms with Crippen LogP contribution < -0.4 is 0 Å². The van der Waals surface area contributed by atoms with E-state index in [1.165, 1.54) is 0 Å². The third kappa shape index (κ3) is 0.995. The molecule has 1 unspecified atom stereocenters. The molecule has 0 aromatic carbocycles. The zero-order valence-electron chi connectivity index (χ0n) is 6.13. The Bertz CT molecular complexity index is 178. The first-order valence-corrected chi connectivity index (χ1v) is 3.56. The Labute approximate surface area is 61.2 Å². The number of terminal acetylenes is 1. The number of hydrogen-bond acceptors (Lipinski definition) is 1. The zero-order valence-corrected chi connectivity index (χ0v) is 6.13. The van der Waals surface area contributed by atoms with Crippen LogP contribution in [-0.4, -0.2) is 23.4 Å². The highest BCUT2D eigenvalue weighted by Crippen LogP contribution is 2.19. The maximum absolute atomic E-state index is 10.9. The van der Waals surface area contributed by atoms with Gasteiger partial charge in [0.25, 0.3) is 5.91 Å². The normalized spacial score (nSPS) is 23.2. The van der Waals surface area contributed by atoms with Crippen molar-refractivity contribution in [3.05, 3.63) is 0 Å². The van der Waals surface area contributed by atoms with Gasteiger partial charge in [0.05, 0.1) is 0 Å². The fourth-order valence-electron chi connectivity index (χ4n) is 1.22. The Kier molecular flexibility index (Phi) is 1.96. The van der Waals surface area contributed by atoms with E-state index in [-0.39, 0.29) is 5.91 Å². The molecule has 0 bridgehead atoms. The topological polar surface area (TPSA) is 20.3 Å². The van der Waals surface area contributed by atoms with Gasteiger partial charge in [0.2, 0.25) is 0 Å². The van der Waals surface area contributed by atoms with Gasteiger partial charge in [-0.15, -0.1) is 6.42 Å². The summed E-state index contributed by atoms with van der Waals surface area (Å²) >= 11 is 0. The zero-order chi connectivity index (χ0) is 7.56. The summed E-state index contributed by atoms with van der Waals surface area (Å²) in [6, 6.07) is 0.420. The van der Waals surface area contributed by atoms with Crippen molar-refractivity contribution < 1.29 is 4.79 Å². The molecule has 1 saturated heterocycles. The monoisotopic (exact) mass is 137 g/mol. The van der Waals surface area contributed by atoms with Crippen LogP contribution in [0.15, 0.2) is 0 Å². The molecule has 0 radical (unpaired) electrons. The van der Waals surface area contributed by atoms with Crippen LogP contribution in [-0.2, 0) is 4.79 Å². The van der Waals surface area contributed by atoms with Crippen molar-refractivity contribution in [2.75, 3.05) is 6.54 Å². The third-order valence-electron chi connectivity index (χ3n) is 2.00. The van der Waals surface area contributed by atoms with Crippen molar-refractivity contribution in [1.82, 2.24) is 4.90 Å². The van der Waals surface area contributed by atoms with Crippen LogP contribution in [0.3, 0.4) is 0 Å². The van der Waals surface area contributed by atoms with Crippen LogP contribution in [0.2, 0.25) is 0 Å². The Hall–Kier alpha value is -0.970. The molecular weight excluding hydrogens is 126 g/mol. The maximum Gasteiger partial charge on any atom is 0.298 e. The summed E-state index contributed by atoms with van der Waals surface area (Å²) in [4.78, 5) is 12.6. The molecule has 1 rings (SSSR count). The van der Waals surface area contributed by atoms with E-state index in [1.807, 2.05) is 0 Å². The minimum atomic E-state index is -0.155. The molecule has 1 fully saturated rings. The molecular formula is C8H11NO. The highest BCUT2D eigenvalue weighted by Gasteiger charge is 2.29. The van der Waals surface area contributed by atoms with Gasteiger partial charge in [-0.3, -0.25) is 4.79 Å². The van der Waals surface area contributed by atoms with Crippen LogP contribution in [0, 0.1) is 12.3 Å². The van der Waals surface area contributed by atoms with Gasteiger partial charge < -0.3 is 4.90 Å². The predicted octanol–water partition coefficient (Wildman–Crippen LogP) is 0.631. The van der Waals surface area contributed by atoms with Crippen molar-refractivity contribution >= 4 is 5.91 Å². The molecule has 2 heteroatoms. The van der Waals surface area contributed by atoms with E-state index in [0.29, 0.717) is 6.04 Å². The summed E-state index contributed by atoms with van der Waals surface area (Å²) in [7, 11) is 0. The summed E-state index contributed by atoms with van der Waals surface area (Å²) in [6.07, 6.45) is 7.09. The maximum atomic E-state index is 10.9. The molecule has 10 heavy (non-hydrogen) atoms. The molecule has 1 aliphatic rings. The first kappa shape index (κ1) is 7.14. The van der Waals surface area contributed by atoms with Crippen molar-refractivity contribution in [2.24, 2.45) is 0 Å². The molecule has 2 nitrogen and oxygen atoms in total. The number of carbonyl (C=O) groups excluding carboxylic acids is 1. The lowest BCUT2D eigenvalue weighted by atomic mass is 10.0. The summed E-state index contributed by atoms with van der Waals surface area (Å²) in [5, 5.41) is 0. The lowest BCUT2D eigenvalue weighted by molar-refractivity contribution is -0.132. The SMILES string of the molecule is C#CC(=O)N1CCC1CC. The molecule has 0 aromatic heterocycles. The van der Waals surface area contributed by atoms with Crippen LogP contribution >= 0.6 is 0 Å². The van der Waals surface area contributed by atoms with Gasteiger partial charge in [0, 0.05) is 12.6 Å². The average molecular weight is 137 g/mol.